The number of carbonyl (C=O) groups is 1. The third-order valence-electron chi connectivity index (χ3n) is 3.61. The molecule has 0 bridgehead atoms. The summed E-state index contributed by atoms with van der Waals surface area (Å²) in [5, 5.41) is 0. The highest BCUT2D eigenvalue weighted by Gasteiger charge is 2.20. The van der Waals surface area contributed by atoms with Crippen molar-refractivity contribution in [1.29, 1.82) is 0 Å². The van der Waals surface area contributed by atoms with Crippen LogP contribution in [0.25, 0.3) is 0 Å². The van der Waals surface area contributed by atoms with Crippen molar-refractivity contribution in [2.24, 2.45) is 5.92 Å². The zero-order valence-corrected chi connectivity index (χ0v) is 12.1. The normalized spacial score (nSPS) is 18.6. The molecule has 0 saturated carbocycles. The zero-order chi connectivity index (χ0) is 14.5. The number of carbonyl (C=O) groups excluding carboxylic acids is 1. The molecular formula is C15H22N2O3. The average Bonchev–Trinajstić information content (AvgIpc) is 2.47. The van der Waals surface area contributed by atoms with Gasteiger partial charge in [-0.25, -0.2) is 0 Å². The van der Waals surface area contributed by atoms with Gasteiger partial charge >= 0.3 is 0 Å². The van der Waals surface area contributed by atoms with E-state index in [0.717, 1.165) is 26.1 Å². The zero-order valence-electron chi connectivity index (χ0n) is 12.1. The number of anilines is 1. The van der Waals surface area contributed by atoms with Gasteiger partial charge in [0.2, 0.25) is 0 Å². The number of nitrogens with zero attached hydrogens (tertiary/aromatic N) is 1. The SMILES string of the molecule is COc1ccc(C(=O)N(C)CC2CCCOC2)cc1N. The van der Waals surface area contributed by atoms with Crippen molar-refractivity contribution >= 4 is 11.6 Å². The van der Waals surface area contributed by atoms with Crippen molar-refractivity contribution in [1.82, 2.24) is 4.90 Å². The molecule has 20 heavy (non-hydrogen) atoms. The monoisotopic (exact) mass is 278 g/mol. The maximum atomic E-state index is 12.4. The molecule has 0 spiro atoms. The van der Waals surface area contributed by atoms with Crippen molar-refractivity contribution in [3.05, 3.63) is 23.8 Å². The first-order valence-corrected chi connectivity index (χ1v) is 6.88. The summed E-state index contributed by atoms with van der Waals surface area (Å²) in [6.07, 6.45) is 2.19. The lowest BCUT2D eigenvalue weighted by Gasteiger charge is -2.27. The summed E-state index contributed by atoms with van der Waals surface area (Å²) in [5.41, 5.74) is 6.90. The van der Waals surface area contributed by atoms with Gasteiger partial charge in [0.25, 0.3) is 5.91 Å². The molecular weight excluding hydrogens is 256 g/mol. The van der Waals surface area contributed by atoms with Crippen LogP contribution in [-0.4, -0.2) is 44.7 Å². The maximum Gasteiger partial charge on any atom is 0.253 e. The van der Waals surface area contributed by atoms with E-state index in [1.807, 2.05) is 7.05 Å². The number of amides is 1. The molecule has 1 amide bonds. The fourth-order valence-electron chi connectivity index (χ4n) is 2.51. The van der Waals surface area contributed by atoms with Crippen molar-refractivity contribution in [2.45, 2.75) is 12.8 Å². The van der Waals surface area contributed by atoms with Gasteiger partial charge in [0.15, 0.2) is 0 Å². The largest absolute Gasteiger partial charge is 0.495 e. The fraction of sp³-hybridized carbons (Fsp3) is 0.533. The summed E-state index contributed by atoms with van der Waals surface area (Å²) in [7, 11) is 3.37. The van der Waals surface area contributed by atoms with E-state index in [-0.39, 0.29) is 5.91 Å². The number of nitrogen functional groups attached to an aromatic ring is 1. The van der Waals surface area contributed by atoms with E-state index in [9.17, 15) is 4.79 Å². The van der Waals surface area contributed by atoms with Crippen LogP contribution >= 0.6 is 0 Å². The van der Waals surface area contributed by atoms with Crippen molar-refractivity contribution < 1.29 is 14.3 Å². The van der Waals surface area contributed by atoms with E-state index in [1.54, 1.807) is 30.2 Å². The minimum atomic E-state index is -0.0232. The highest BCUT2D eigenvalue weighted by atomic mass is 16.5. The molecule has 1 aromatic carbocycles. The number of rotatable bonds is 4. The van der Waals surface area contributed by atoms with Crippen LogP contribution in [0.2, 0.25) is 0 Å². The van der Waals surface area contributed by atoms with Gasteiger partial charge in [-0.05, 0) is 37.0 Å². The highest BCUT2D eigenvalue weighted by molar-refractivity contribution is 5.95. The molecule has 5 heteroatoms. The fourth-order valence-corrected chi connectivity index (χ4v) is 2.51. The Balaban J connectivity index is 2.00. The minimum Gasteiger partial charge on any atom is -0.495 e. The van der Waals surface area contributed by atoms with Crippen LogP contribution in [0.1, 0.15) is 23.2 Å². The lowest BCUT2D eigenvalue weighted by atomic mass is 10.0. The van der Waals surface area contributed by atoms with E-state index < -0.39 is 0 Å². The van der Waals surface area contributed by atoms with Crippen molar-refractivity contribution in [3.8, 4) is 5.75 Å². The van der Waals surface area contributed by atoms with E-state index >= 15 is 0 Å². The first-order chi connectivity index (χ1) is 9.61. The average molecular weight is 278 g/mol. The van der Waals surface area contributed by atoms with Crippen LogP contribution in [0.4, 0.5) is 5.69 Å². The van der Waals surface area contributed by atoms with Crippen LogP contribution in [0, 0.1) is 5.92 Å². The molecule has 0 aliphatic carbocycles. The van der Waals surface area contributed by atoms with Crippen LogP contribution in [-0.2, 0) is 4.74 Å². The summed E-state index contributed by atoms with van der Waals surface area (Å²) in [5.74, 6) is 0.989. The first-order valence-electron chi connectivity index (χ1n) is 6.88. The quantitative estimate of drug-likeness (QED) is 0.853. The van der Waals surface area contributed by atoms with Gasteiger partial charge in [-0.2, -0.15) is 0 Å². The summed E-state index contributed by atoms with van der Waals surface area (Å²) < 4.78 is 10.5. The van der Waals surface area contributed by atoms with E-state index in [0.29, 0.717) is 29.5 Å². The first kappa shape index (κ1) is 14.7. The molecule has 1 heterocycles. The molecule has 1 aromatic rings. The smallest absolute Gasteiger partial charge is 0.253 e. The van der Waals surface area contributed by atoms with Gasteiger partial charge in [-0.1, -0.05) is 0 Å². The van der Waals surface area contributed by atoms with Crippen LogP contribution in [0.15, 0.2) is 18.2 Å². The summed E-state index contributed by atoms with van der Waals surface area (Å²) in [6.45, 7) is 2.29. The third kappa shape index (κ3) is 3.42. The number of benzene rings is 1. The van der Waals surface area contributed by atoms with E-state index in [1.165, 1.54) is 0 Å². The van der Waals surface area contributed by atoms with Crippen LogP contribution < -0.4 is 10.5 Å². The highest BCUT2D eigenvalue weighted by Crippen LogP contribution is 2.23. The molecule has 1 atom stereocenters. The predicted molar refractivity (Wildman–Crippen MR) is 77.9 cm³/mol. The Morgan fingerprint density at radius 1 is 1.55 bits per heavy atom. The second-order valence-corrected chi connectivity index (χ2v) is 5.23. The van der Waals surface area contributed by atoms with E-state index in [2.05, 4.69) is 0 Å². The summed E-state index contributed by atoms with van der Waals surface area (Å²) >= 11 is 0. The van der Waals surface area contributed by atoms with Crippen molar-refractivity contribution in [3.63, 3.8) is 0 Å². The Hall–Kier alpha value is -1.75. The van der Waals surface area contributed by atoms with Gasteiger partial charge in [0.1, 0.15) is 5.75 Å². The number of hydrogen-bond acceptors (Lipinski definition) is 4. The lowest BCUT2D eigenvalue weighted by Crippen LogP contribution is -2.35. The summed E-state index contributed by atoms with van der Waals surface area (Å²) in [6, 6.07) is 5.13. The topological polar surface area (TPSA) is 64.8 Å². The molecule has 1 unspecified atom stereocenters. The Morgan fingerprint density at radius 2 is 2.35 bits per heavy atom. The Bertz CT molecular complexity index is 470. The molecule has 1 aliphatic rings. The Morgan fingerprint density at radius 3 is 2.95 bits per heavy atom. The molecule has 2 rings (SSSR count). The Kier molecular flexibility index (Phi) is 4.84. The lowest BCUT2D eigenvalue weighted by molar-refractivity contribution is 0.0388. The molecule has 0 aromatic heterocycles. The number of methoxy groups -OCH3 is 1. The second kappa shape index (κ2) is 6.61. The van der Waals surface area contributed by atoms with Gasteiger partial charge < -0.3 is 20.1 Å². The standard InChI is InChI=1S/C15H22N2O3/c1-17(9-11-4-3-7-20-10-11)15(18)12-5-6-14(19-2)13(16)8-12/h5-6,8,11H,3-4,7,9-10,16H2,1-2H3. The molecule has 1 saturated heterocycles. The molecule has 1 aliphatic heterocycles. The Labute approximate surface area is 119 Å². The molecule has 110 valence electrons. The van der Waals surface area contributed by atoms with Crippen molar-refractivity contribution in [2.75, 3.05) is 39.6 Å². The minimum absolute atomic E-state index is 0.0232. The summed E-state index contributed by atoms with van der Waals surface area (Å²) in [4.78, 5) is 14.1. The molecule has 1 fully saturated rings. The molecule has 2 N–H and O–H groups in total. The van der Waals surface area contributed by atoms with E-state index in [4.69, 9.17) is 15.2 Å². The third-order valence-corrected chi connectivity index (χ3v) is 3.61. The molecule has 0 radical (unpaired) electrons. The number of nitrogens with two attached hydrogens (primary N) is 1. The predicted octanol–water partition coefficient (Wildman–Crippen LogP) is 1.78. The maximum absolute atomic E-state index is 12.4. The van der Waals surface area contributed by atoms with Gasteiger partial charge in [-0.3, -0.25) is 4.79 Å². The number of ether oxygens (including phenoxy) is 2. The van der Waals surface area contributed by atoms with Gasteiger partial charge in [0.05, 0.1) is 19.4 Å². The second-order valence-electron chi connectivity index (χ2n) is 5.23. The van der Waals surface area contributed by atoms with Crippen LogP contribution in [0.3, 0.4) is 0 Å². The van der Waals surface area contributed by atoms with Gasteiger partial charge in [-0.15, -0.1) is 0 Å². The number of hydrogen-bond donors (Lipinski definition) is 1. The van der Waals surface area contributed by atoms with Crippen LogP contribution in [0.5, 0.6) is 5.75 Å². The molecule has 5 nitrogen and oxygen atoms in total. The van der Waals surface area contributed by atoms with Gasteiger partial charge in [0, 0.05) is 25.8 Å².